The highest BCUT2D eigenvalue weighted by Gasteiger charge is 2.25. The zero-order valence-electron chi connectivity index (χ0n) is 15.9. The smallest absolute Gasteiger partial charge is 0.257 e. The van der Waals surface area contributed by atoms with E-state index in [9.17, 15) is 4.79 Å². The minimum Gasteiger partial charge on any atom is -0.497 e. The topological polar surface area (TPSA) is 51.1 Å². The van der Waals surface area contributed by atoms with Crippen LogP contribution in [0.2, 0.25) is 5.02 Å². The Morgan fingerprint density at radius 3 is 2.57 bits per heavy atom. The Hall–Kier alpha value is -2.44. The van der Waals surface area contributed by atoms with Gasteiger partial charge in [0.1, 0.15) is 11.5 Å². The van der Waals surface area contributed by atoms with Crippen LogP contribution in [-0.2, 0) is 4.79 Å². The van der Waals surface area contributed by atoms with Crippen LogP contribution in [0.1, 0.15) is 12.5 Å². The number of carbonyl (C=O) groups excluding carboxylic acids is 1. The maximum Gasteiger partial charge on any atom is 0.257 e. The molecule has 0 fully saturated rings. The number of hydrogen-bond acceptors (Lipinski definition) is 5. The average molecular weight is 417 g/mol. The van der Waals surface area contributed by atoms with Gasteiger partial charge in [-0.3, -0.25) is 14.7 Å². The zero-order chi connectivity index (χ0) is 20.1. The third-order valence-corrected chi connectivity index (χ3v) is 5.57. The number of thioether (sulfide) groups is 1. The predicted octanol–water partition coefficient (Wildman–Crippen LogP) is 4.89. The summed E-state index contributed by atoms with van der Waals surface area (Å²) in [6.07, 6.45) is 3.23. The van der Waals surface area contributed by atoms with Gasteiger partial charge in [-0.15, -0.1) is 0 Å². The maximum atomic E-state index is 13.1. The fourth-order valence-electron chi connectivity index (χ4n) is 2.71. The Balaban J connectivity index is 1.93. The number of nitrogens with zero attached hydrogens (tertiary/aromatic N) is 2. The van der Waals surface area contributed by atoms with Crippen molar-refractivity contribution in [2.24, 2.45) is 4.99 Å². The second-order valence-corrected chi connectivity index (χ2v) is 7.59. The van der Waals surface area contributed by atoms with Gasteiger partial charge in [0.2, 0.25) is 0 Å². The van der Waals surface area contributed by atoms with Gasteiger partial charge in [-0.2, -0.15) is 0 Å². The summed E-state index contributed by atoms with van der Waals surface area (Å²) in [6, 6.07) is 12.7. The first-order chi connectivity index (χ1) is 13.5. The number of anilines is 1. The summed E-state index contributed by atoms with van der Waals surface area (Å²) in [7, 11) is 3.19. The average Bonchev–Trinajstić information content (AvgIpc) is 3.13. The van der Waals surface area contributed by atoms with Gasteiger partial charge in [-0.25, -0.2) is 0 Å². The summed E-state index contributed by atoms with van der Waals surface area (Å²) in [5.74, 6) is 1.99. The predicted molar refractivity (Wildman–Crippen MR) is 117 cm³/mol. The molecule has 2 aromatic carbocycles. The highest BCUT2D eigenvalue weighted by molar-refractivity contribution is 8.14. The molecule has 7 heteroatoms. The van der Waals surface area contributed by atoms with Gasteiger partial charge in [0, 0.05) is 22.4 Å². The molecule has 1 aliphatic rings. The van der Waals surface area contributed by atoms with E-state index in [1.54, 1.807) is 55.2 Å². The van der Waals surface area contributed by atoms with E-state index in [4.69, 9.17) is 21.1 Å². The monoisotopic (exact) mass is 416 g/mol. The van der Waals surface area contributed by atoms with E-state index in [0.717, 1.165) is 17.0 Å². The first-order valence-corrected chi connectivity index (χ1v) is 10.1. The van der Waals surface area contributed by atoms with Crippen molar-refractivity contribution >= 4 is 46.2 Å². The van der Waals surface area contributed by atoms with Gasteiger partial charge in [0.25, 0.3) is 5.91 Å². The first kappa shape index (κ1) is 20.3. The highest BCUT2D eigenvalue weighted by Crippen LogP contribution is 2.28. The Morgan fingerprint density at radius 1 is 1.21 bits per heavy atom. The molecular weight excluding hydrogens is 396 g/mol. The van der Waals surface area contributed by atoms with E-state index in [0.29, 0.717) is 21.7 Å². The minimum atomic E-state index is -0.201. The van der Waals surface area contributed by atoms with Crippen molar-refractivity contribution in [3.8, 4) is 11.5 Å². The second-order valence-electron chi connectivity index (χ2n) is 6.16. The molecule has 1 amide bonds. The fraction of sp³-hybridized carbons (Fsp3) is 0.238. The van der Waals surface area contributed by atoms with Crippen molar-refractivity contribution in [2.75, 3.05) is 24.9 Å². The van der Waals surface area contributed by atoms with Gasteiger partial charge in [0.15, 0.2) is 5.17 Å². The lowest BCUT2D eigenvalue weighted by atomic mass is 10.1. The van der Waals surface area contributed by atoms with Gasteiger partial charge >= 0.3 is 0 Å². The van der Waals surface area contributed by atoms with E-state index >= 15 is 0 Å². The van der Waals surface area contributed by atoms with Crippen LogP contribution < -0.4 is 14.4 Å². The SMILES string of the molecule is COc1ccc(OC)c(/C=C/C(=O)N(C2=N[C@H](C)CS2)c2ccc(Cl)cc2)c1. The molecule has 0 N–H and O–H groups in total. The normalized spacial score (nSPS) is 16.1. The Kier molecular flexibility index (Phi) is 6.65. The molecule has 146 valence electrons. The largest absolute Gasteiger partial charge is 0.497 e. The molecule has 5 nitrogen and oxygen atoms in total. The van der Waals surface area contributed by atoms with Gasteiger partial charge in [-0.1, -0.05) is 23.4 Å². The summed E-state index contributed by atoms with van der Waals surface area (Å²) >= 11 is 7.57. The van der Waals surface area contributed by atoms with E-state index in [1.165, 1.54) is 6.08 Å². The van der Waals surface area contributed by atoms with Gasteiger partial charge in [-0.05, 0) is 55.5 Å². The number of amides is 1. The summed E-state index contributed by atoms with van der Waals surface area (Å²) in [5, 5.41) is 1.30. The standard InChI is InChI=1S/C21H21ClN2O3S/c1-14-13-28-21(23-14)24(17-7-5-16(22)6-8-17)20(25)11-4-15-12-18(26-2)9-10-19(15)27-3/h4-12,14H,13H2,1-3H3/b11-4+/t14-/m1/s1. The molecule has 0 aromatic heterocycles. The quantitative estimate of drug-likeness (QED) is 0.651. The number of carbonyl (C=O) groups is 1. The molecule has 0 radical (unpaired) electrons. The van der Waals surface area contributed by atoms with Gasteiger partial charge < -0.3 is 9.47 Å². The van der Waals surface area contributed by atoms with Crippen molar-refractivity contribution in [1.82, 2.24) is 0 Å². The lowest BCUT2D eigenvalue weighted by Gasteiger charge is -2.20. The van der Waals surface area contributed by atoms with Crippen LogP contribution in [0.15, 0.2) is 53.5 Å². The Labute approximate surface area is 174 Å². The van der Waals surface area contributed by atoms with Crippen molar-refractivity contribution in [2.45, 2.75) is 13.0 Å². The van der Waals surface area contributed by atoms with Crippen LogP contribution in [-0.4, -0.2) is 37.1 Å². The third kappa shape index (κ3) is 4.69. The van der Waals surface area contributed by atoms with Crippen molar-refractivity contribution < 1.29 is 14.3 Å². The molecule has 28 heavy (non-hydrogen) atoms. The minimum absolute atomic E-state index is 0.171. The molecular formula is C21H21ClN2O3S. The molecule has 1 atom stereocenters. The zero-order valence-corrected chi connectivity index (χ0v) is 17.5. The number of halogens is 1. The van der Waals surface area contributed by atoms with E-state index in [-0.39, 0.29) is 11.9 Å². The summed E-state index contributed by atoms with van der Waals surface area (Å²) < 4.78 is 10.6. The number of ether oxygens (including phenoxy) is 2. The lowest BCUT2D eigenvalue weighted by molar-refractivity contribution is -0.113. The third-order valence-electron chi connectivity index (χ3n) is 4.12. The van der Waals surface area contributed by atoms with Crippen molar-refractivity contribution in [3.05, 3.63) is 59.1 Å². The van der Waals surface area contributed by atoms with Crippen molar-refractivity contribution in [1.29, 1.82) is 0 Å². The van der Waals surface area contributed by atoms with Crippen LogP contribution in [0.5, 0.6) is 11.5 Å². The number of methoxy groups -OCH3 is 2. The first-order valence-electron chi connectivity index (χ1n) is 8.72. The van der Waals surface area contributed by atoms with E-state index < -0.39 is 0 Å². The second kappa shape index (κ2) is 9.17. The van der Waals surface area contributed by atoms with E-state index in [2.05, 4.69) is 4.99 Å². The van der Waals surface area contributed by atoms with Crippen LogP contribution >= 0.6 is 23.4 Å². The number of hydrogen-bond donors (Lipinski definition) is 0. The molecule has 3 rings (SSSR count). The highest BCUT2D eigenvalue weighted by atomic mass is 35.5. The number of benzene rings is 2. The molecule has 1 aliphatic heterocycles. The Bertz CT molecular complexity index is 912. The van der Waals surface area contributed by atoms with Crippen LogP contribution in [0.25, 0.3) is 6.08 Å². The molecule has 1 heterocycles. The number of aliphatic imine (C=N–C) groups is 1. The maximum absolute atomic E-state index is 13.1. The fourth-order valence-corrected chi connectivity index (χ4v) is 3.88. The molecule has 0 aliphatic carbocycles. The molecule has 2 aromatic rings. The van der Waals surface area contributed by atoms with E-state index in [1.807, 2.05) is 31.2 Å². The molecule has 0 spiro atoms. The number of rotatable bonds is 5. The van der Waals surface area contributed by atoms with Gasteiger partial charge in [0.05, 0.1) is 25.9 Å². The lowest BCUT2D eigenvalue weighted by Crippen LogP contribution is -2.33. The number of amidine groups is 1. The molecule has 0 bridgehead atoms. The molecule has 0 saturated carbocycles. The van der Waals surface area contributed by atoms with Crippen LogP contribution in [0.4, 0.5) is 5.69 Å². The molecule has 0 saturated heterocycles. The summed E-state index contributed by atoms with van der Waals surface area (Å²) in [4.78, 5) is 19.3. The molecule has 0 unspecified atom stereocenters. The van der Waals surface area contributed by atoms with Crippen LogP contribution in [0.3, 0.4) is 0 Å². The van der Waals surface area contributed by atoms with Crippen LogP contribution in [0, 0.1) is 0 Å². The van der Waals surface area contributed by atoms with Crippen molar-refractivity contribution in [3.63, 3.8) is 0 Å². The Morgan fingerprint density at radius 2 is 1.96 bits per heavy atom. The summed E-state index contributed by atoms with van der Waals surface area (Å²) in [6.45, 7) is 2.03. The summed E-state index contributed by atoms with van der Waals surface area (Å²) in [5.41, 5.74) is 1.47.